The number of methoxy groups -OCH3 is 1. The topological polar surface area (TPSA) is 14.2 Å². The minimum atomic E-state index is 0.793. The van der Waals surface area contributed by atoms with E-state index in [4.69, 9.17) is 4.74 Å². The number of rotatable bonds is 2. The third-order valence-corrected chi connectivity index (χ3v) is 4.58. The summed E-state index contributed by atoms with van der Waals surface area (Å²) in [4.78, 5) is 0. The van der Waals surface area contributed by atoms with Gasteiger partial charge in [-0.2, -0.15) is 0 Å². The Hall–Kier alpha value is -3.44. The average molecular weight is 337 g/mol. The van der Waals surface area contributed by atoms with E-state index in [2.05, 4.69) is 72.0 Å². The second-order valence-corrected chi connectivity index (χ2v) is 6.12. The number of aryl methyl sites for hydroxylation is 1. The fraction of sp³-hybridized carbons (Fsp3) is 0.0833. The van der Waals surface area contributed by atoms with Gasteiger partial charge in [-0.05, 0) is 23.8 Å². The van der Waals surface area contributed by atoms with Crippen LogP contribution in [0.1, 0.15) is 11.1 Å². The molecular weight excluding hydrogens is 318 g/mol. The quantitative estimate of drug-likeness (QED) is 0.455. The first-order valence-electron chi connectivity index (χ1n) is 8.57. The van der Waals surface area contributed by atoms with Crippen LogP contribution in [0.2, 0.25) is 0 Å². The lowest BCUT2D eigenvalue weighted by atomic mass is 10.0. The highest BCUT2D eigenvalue weighted by Gasteiger charge is 2.14. The molecule has 0 aliphatic rings. The molecule has 0 amide bonds. The Bertz CT molecular complexity index is 1130. The highest BCUT2D eigenvalue weighted by Crippen LogP contribution is 2.32. The summed E-state index contributed by atoms with van der Waals surface area (Å²) in [6, 6.07) is 26.7. The number of nitrogens with zero attached hydrogens (tertiary/aromatic N) is 1. The molecule has 4 aromatic rings. The molecule has 1 aromatic heterocycles. The van der Waals surface area contributed by atoms with Gasteiger partial charge in [0.25, 0.3) is 0 Å². The first kappa shape index (κ1) is 16.1. The number of hydrogen-bond donors (Lipinski definition) is 0. The molecule has 1 heterocycles. The predicted octanol–water partition coefficient (Wildman–Crippen LogP) is 5.25. The number of ether oxygens (including phenoxy) is 1. The number of benzene rings is 3. The summed E-state index contributed by atoms with van der Waals surface area (Å²) >= 11 is 0. The van der Waals surface area contributed by atoms with Gasteiger partial charge in [0.15, 0.2) is 0 Å². The third-order valence-electron chi connectivity index (χ3n) is 4.58. The van der Waals surface area contributed by atoms with Gasteiger partial charge in [0.1, 0.15) is 5.75 Å². The lowest BCUT2D eigenvalue weighted by molar-refractivity contribution is 0.413. The monoisotopic (exact) mass is 337 g/mol. The van der Waals surface area contributed by atoms with Crippen molar-refractivity contribution in [3.05, 3.63) is 90.0 Å². The van der Waals surface area contributed by atoms with Gasteiger partial charge in [-0.15, -0.1) is 0 Å². The normalized spacial score (nSPS) is 10.4. The molecule has 0 N–H and O–H groups in total. The molecule has 2 nitrogen and oxygen atoms in total. The molecule has 0 fully saturated rings. The minimum Gasteiger partial charge on any atom is -0.495 e. The zero-order valence-corrected chi connectivity index (χ0v) is 14.9. The summed E-state index contributed by atoms with van der Waals surface area (Å²) in [6.45, 7) is 0. The van der Waals surface area contributed by atoms with Gasteiger partial charge >= 0.3 is 0 Å². The van der Waals surface area contributed by atoms with Crippen molar-refractivity contribution in [1.29, 1.82) is 0 Å². The molecule has 0 aliphatic heterocycles. The number of aromatic nitrogens is 1. The molecule has 3 aromatic carbocycles. The largest absolute Gasteiger partial charge is 0.495 e. The fourth-order valence-corrected chi connectivity index (χ4v) is 3.33. The van der Waals surface area contributed by atoms with Gasteiger partial charge in [0, 0.05) is 18.0 Å². The average Bonchev–Trinajstić information content (AvgIpc) is 2.99. The number of fused-ring (bicyclic) bond motifs is 1. The summed E-state index contributed by atoms with van der Waals surface area (Å²) in [5.74, 6) is 7.52. The molecule has 26 heavy (non-hydrogen) atoms. The van der Waals surface area contributed by atoms with Crippen molar-refractivity contribution >= 4 is 10.9 Å². The van der Waals surface area contributed by atoms with Gasteiger partial charge in [-0.25, -0.2) is 0 Å². The molecule has 0 aliphatic carbocycles. The van der Waals surface area contributed by atoms with Gasteiger partial charge in [0.2, 0.25) is 0 Å². The van der Waals surface area contributed by atoms with Crippen molar-refractivity contribution < 1.29 is 4.74 Å². The van der Waals surface area contributed by atoms with Crippen molar-refractivity contribution in [3.8, 4) is 28.8 Å². The second kappa shape index (κ2) is 6.82. The van der Waals surface area contributed by atoms with Crippen LogP contribution in [0.25, 0.3) is 22.2 Å². The maximum Gasteiger partial charge on any atom is 0.134 e. The zero-order valence-electron chi connectivity index (χ0n) is 14.9. The third kappa shape index (κ3) is 2.74. The Labute approximate surface area is 153 Å². The molecule has 0 radical (unpaired) electrons. The minimum absolute atomic E-state index is 0.793. The first-order chi connectivity index (χ1) is 12.8. The van der Waals surface area contributed by atoms with Crippen LogP contribution in [0.5, 0.6) is 5.75 Å². The van der Waals surface area contributed by atoms with Crippen molar-refractivity contribution in [2.45, 2.75) is 0 Å². The molecule has 0 bridgehead atoms. The standard InChI is InChI=1S/C24H19NO/c1-25-22-14-8-7-13-20(22)21(24(25)19-11-4-3-5-12-19)17-16-18-10-6-9-15-23(18)26-2/h3-15H,1-2H3. The summed E-state index contributed by atoms with van der Waals surface area (Å²) in [5.41, 5.74) is 5.41. The summed E-state index contributed by atoms with van der Waals surface area (Å²) < 4.78 is 7.65. The summed E-state index contributed by atoms with van der Waals surface area (Å²) in [7, 11) is 3.77. The molecule has 4 rings (SSSR count). The van der Waals surface area contributed by atoms with Crippen molar-refractivity contribution in [2.24, 2.45) is 7.05 Å². The lowest BCUT2D eigenvalue weighted by Crippen LogP contribution is -1.92. The summed E-state index contributed by atoms with van der Waals surface area (Å²) in [6.07, 6.45) is 0. The molecule has 2 heteroatoms. The Balaban J connectivity index is 1.97. The summed E-state index contributed by atoms with van der Waals surface area (Å²) in [5, 5.41) is 1.16. The van der Waals surface area contributed by atoms with E-state index < -0.39 is 0 Å². The van der Waals surface area contributed by atoms with Crippen LogP contribution in [-0.4, -0.2) is 11.7 Å². The molecule has 0 saturated heterocycles. The molecule has 0 spiro atoms. The van der Waals surface area contributed by atoms with Gasteiger partial charge in [-0.3, -0.25) is 0 Å². The number of hydrogen-bond acceptors (Lipinski definition) is 1. The maximum atomic E-state index is 5.43. The number of para-hydroxylation sites is 2. The zero-order chi connectivity index (χ0) is 17.9. The Morgan fingerprint density at radius 2 is 1.46 bits per heavy atom. The van der Waals surface area contributed by atoms with Crippen LogP contribution in [0, 0.1) is 11.8 Å². The van der Waals surface area contributed by atoms with Crippen molar-refractivity contribution in [1.82, 2.24) is 4.57 Å². The second-order valence-electron chi connectivity index (χ2n) is 6.12. The highest BCUT2D eigenvalue weighted by molar-refractivity contribution is 5.95. The fourth-order valence-electron chi connectivity index (χ4n) is 3.33. The van der Waals surface area contributed by atoms with Gasteiger partial charge in [0.05, 0.1) is 23.9 Å². The van der Waals surface area contributed by atoms with E-state index in [1.807, 2.05) is 30.3 Å². The first-order valence-corrected chi connectivity index (χ1v) is 8.57. The predicted molar refractivity (Wildman–Crippen MR) is 107 cm³/mol. The molecule has 0 atom stereocenters. The van der Waals surface area contributed by atoms with Crippen molar-refractivity contribution in [3.63, 3.8) is 0 Å². The van der Waals surface area contributed by atoms with E-state index in [1.54, 1.807) is 7.11 Å². The van der Waals surface area contributed by atoms with Crippen LogP contribution < -0.4 is 4.74 Å². The van der Waals surface area contributed by atoms with Crippen LogP contribution in [-0.2, 0) is 7.05 Å². The van der Waals surface area contributed by atoms with Gasteiger partial charge in [-0.1, -0.05) is 72.5 Å². The smallest absolute Gasteiger partial charge is 0.134 e. The van der Waals surface area contributed by atoms with E-state index in [-0.39, 0.29) is 0 Å². The van der Waals surface area contributed by atoms with E-state index in [1.165, 1.54) is 5.52 Å². The maximum absolute atomic E-state index is 5.43. The molecule has 0 unspecified atom stereocenters. The van der Waals surface area contributed by atoms with E-state index >= 15 is 0 Å². The molecular formula is C24H19NO. The van der Waals surface area contributed by atoms with Crippen LogP contribution >= 0.6 is 0 Å². The van der Waals surface area contributed by atoms with E-state index in [9.17, 15) is 0 Å². The lowest BCUT2D eigenvalue weighted by Gasteiger charge is -2.05. The molecule has 126 valence electrons. The Morgan fingerprint density at radius 1 is 0.769 bits per heavy atom. The Morgan fingerprint density at radius 3 is 2.27 bits per heavy atom. The van der Waals surface area contributed by atoms with Crippen LogP contribution in [0.4, 0.5) is 0 Å². The van der Waals surface area contributed by atoms with E-state index in [0.717, 1.165) is 33.5 Å². The Kier molecular flexibility index (Phi) is 4.21. The van der Waals surface area contributed by atoms with Crippen LogP contribution in [0.15, 0.2) is 78.9 Å². The van der Waals surface area contributed by atoms with Crippen molar-refractivity contribution in [2.75, 3.05) is 7.11 Å². The highest BCUT2D eigenvalue weighted by atomic mass is 16.5. The van der Waals surface area contributed by atoms with Crippen LogP contribution in [0.3, 0.4) is 0 Å². The van der Waals surface area contributed by atoms with E-state index in [0.29, 0.717) is 0 Å². The SMILES string of the molecule is COc1ccccc1C#Cc1c(-c2ccccc2)n(C)c2ccccc12. The van der Waals surface area contributed by atoms with Gasteiger partial charge < -0.3 is 9.30 Å². The molecule has 0 saturated carbocycles.